The van der Waals surface area contributed by atoms with Crippen molar-refractivity contribution >= 4 is 5.78 Å². The molecule has 1 aromatic carbocycles. The summed E-state index contributed by atoms with van der Waals surface area (Å²) in [5.74, 6) is 2.31. The molecule has 0 amide bonds. The Morgan fingerprint density at radius 2 is 2.08 bits per heavy atom. The maximum absolute atomic E-state index is 13.3. The fourth-order valence-electron chi connectivity index (χ4n) is 6.50. The minimum absolute atomic E-state index is 0.00356. The van der Waals surface area contributed by atoms with Crippen molar-refractivity contribution in [2.75, 3.05) is 21.0 Å². The van der Waals surface area contributed by atoms with E-state index in [9.17, 15) is 4.79 Å². The average Bonchev–Trinajstić information content (AvgIpc) is 2.93. The molecule has 0 saturated heterocycles. The van der Waals surface area contributed by atoms with Crippen LogP contribution in [0.3, 0.4) is 0 Å². The number of hydrogen-bond acceptors (Lipinski definition) is 5. The van der Waals surface area contributed by atoms with E-state index in [0.717, 1.165) is 17.1 Å². The molecule has 3 aliphatic carbocycles. The zero-order valence-corrected chi connectivity index (χ0v) is 15.2. The first-order valence-electron chi connectivity index (χ1n) is 8.88. The van der Waals surface area contributed by atoms with Gasteiger partial charge >= 0.3 is 0 Å². The summed E-state index contributed by atoms with van der Waals surface area (Å²) in [5, 5.41) is 0. The van der Waals surface area contributed by atoms with Crippen LogP contribution in [0.1, 0.15) is 24.8 Å². The van der Waals surface area contributed by atoms with E-state index < -0.39 is 11.0 Å². The summed E-state index contributed by atoms with van der Waals surface area (Å²) in [6.45, 7) is 6.35. The number of rotatable bonds is 5. The topological polar surface area (TPSA) is 54.0 Å². The summed E-state index contributed by atoms with van der Waals surface area (Å²) < 4.78 is 22.7. The van der Waals surface area contributed by atoms with Gasteiger partial charge in [0.15, 0.2) is 17.3 Å². The van der Waals surface area contributed by atoms with Crippen LogP contribution in [0.2, 0.25) is 0 Å². The molecule has 5 nitrogen and oxygen atoms in total. The molecule has 0 aromatic heterocycles. The summed E-state index contributed by atoms with van der Waals surface area (Å²) in [4.78, 5) is 13.3. The van der Waals surface area contributed by atoms with Crippen LogP contribution >= 0.6 is 0 Å². The van der Waals surface area contributed by atoms with Crippen LogP contribution in [0.5, 0.6) is 11.5 Å². The van der Waals surface area contributed by atoms with Crippen molar-refractivity contribution in [1.82, 2.24) is 0 Å². The molecule has 136 valence electrons. The lowest BCUT2D eigenvalue weighted by atomic mass is 9.49. The molecule has 1 aromatic rings. The van der Waals surface area contributed by atoms with Crippen molar-refractivity contribution in [3.63, 3.8) is 0 Å². The lowest BCUT2D eigenvalue weighted by Gasteiger charge is -2.51. The number of carbonyl (C=O) groups excluding carboxylic acids is 1. The highest BCUT2D eigenvalue weighted by atomic mass is 16.7. The van der Waals surface area contributed by atoms with E-state index in [1.165, 1.54) is 0 Å². The lowest BCUT2D eigenvalue weighted by molar-refractivity contribution is -0.135. The van der Waals surface area contributed by atoms with E-state index in [-0.39, 0.29) is 29.8 Å². The number of benzene rings is 1. The molecule has 2 fully saturated rings. The van der Waals surface area contributed by atoms with Crippen molar-refractivity contribution < 1.29 is 23.7 Å². The minimum atomic E-state index is -0.556. The molecule has 26 heavy (non-hydrogen) atoms. The smallest absolute Gasteiger partial charge is 0.231 e. The standard InChI is InChI=1S/C21H22O5/c1-5-8-20-15(22)10-16(23-3)21(24-4)18(20)19(21,2)17(20)12-6-7-13-14(9-12)26-11-25-13/h5-7,9-10,17-18H,1,8,11H2,2-4H3/t17-,18?,19+,20-,21+/m0/s1. The monoisotopic (exact) mass is 354 g/mol. The van der Waals surface area contributed by atoms with Gasteiger partial charge < -0.3 is 18.9 Å². The number of fused-ring (bicyclic) bond motifs is 2. The normalized spacial score (nSPS) is 41.0. The van der Waals surface area contributed by atoms with Gasteiger partial charge in [-0.15, -0.1) is 6.58 Å². The Kier molecular flexibility index (Phi) is 2.89. The van der Waals surface area contributed by atoms with Gasteiger partial charge in [0.1, 0.15) is 11.4 Å². The SMILES string of the molecule is C=CC[C@@]12C(=O)C=C(OC)[C@@]3(OC)C1[C@@]3(C)[C@@H]2c1ccc2c(c1)OCO2. The van der Waals surface area contributed by atoms with Gasteiger partial charge in [-0.05, 0) is 24.1 Å². The first-order valence-corrected chi connectivity index (χ1v) is 8.88. The number of ketones is 1. The second-order valence-corrected chi connectivity index (χ2v) is 7.81. The third kappa shape index (κ3) is 1.36. The maximum atomic E-state index is 13.3. The summed E-state index contributed by atoms with van der Waals surface area (Å²) in [6, 6.07) is 5.98. The largest absolute Gasteiger partial charge is 0.498 e. The van der Waals surface area contributed by atoms with Crippen molar-refractivity contribution in [2.24, 2.45) is 16.7 Å². The van der Waals surface area contributed by atoms with Gasteiger partial charge in [0.05, 0.1) is 12.5 Å². The Hall–Kier alpha value is -2.27. The van der Waals surface area contributed by atoms with Crippen LogP contribution < -0.4 is 9.47 Å². The van der Waals surface area contributed by atoms with Gasteiger partial charge in [-0.3, -0.25) is 4.79 Å². The van der Waals surface area contributed by atoms with Gasteiger partial charge in [-0.1, -0.05) is 19.1 Å². The minimum Gasteiger partial charge on any atom is -0.498 e. The second kappa shape index (κ2) is 4.71. The van der Waals surface area contributed by atoms with E-state index in [0.29, 0.717) is 12.2 Å². The third-order valence-electron chi connectivity index (χ3n) is 7.19. The summed E-state index contributed by atoms with van der Waals surface area (Å²) in [7, 11) is 3.32. The molecule has 5 rings (SSSR count). The predicted molar refractivity (Wildman–Crippen MR) is 94.0 cm³/mol. The number of methoxy groups -OCH3 is 2. The molecule has 0 bridgehead atoms. The van der Waals surface area contributed by atoms with E-state index in [2.05, 4.69) is 13.5 Å². The summed E-state index contributed by atoms with van der Waals surface area (Å²) >= 11 is 0. The van der Waals surface area contributed by atoms with Crippen molar-refractivity contribution in [1.29, 1.82) is 0 Å². The third-order valence-corrected chi connectivity index (χ3v) is 7.19. The van der Waals surface area contributed by atoms with E-state index >= 15 is 0 Å². The molecule has 1 unspecified atom stereocenters. The van der Waals surface area contributed by atoms with Crippen LogP contribution in [0.4, 0.5) is 0 Å². The molecule has 1 aliphatic heterocycles. The van der Waals surface area contributed by atoms with Gasteiger partial charge in [0, 0.05) is 30.4 Å². The molecule has 5 heteroatoms. The number of hydrogen-bond donors (Lipinski definition) is 0. The Morgan fingerprint density at radius 1 is 1.31 bits per heavy atom. The Morgan fingerprint density at radius 3 is 2.77 bits per heavy atom. The molecule has 2 saturated carbocycles. The molecule has 5 atom stereocenters. The molecule has 0 spiro atoms. The highest BCUT2D eigenvalue weighted by Crippen LogP contribution is 2.92. The lowest BCUT2D eigenvalue weighted by Crippen LogP contribution is -2.51. The van der Waals surface area contributed by atoms with Crippen LogP contribution in [0.15, 0.2) is 42.7 Å². The Balaban J connectivity index is 1.70. The molecule has 0 N–H and O–H groups in total. The summed E-state index contributed by atoms with van der Waals surface area (Å²) in [6.07, 6.45) is 4.10. The predicted octanol–water partition coefficient (Wildman–Crippen LogP) is 3.21. The van der Waals surface area contributed by atoms with Crippen LogP contribution in [-0.2, 0) is 14.3 Å². The number of allylic oxidation sites excluding steroid dienone is 2. The number of ether oxygens (including phenoxy) is 4. The zero-order valence-electron chi connectivity index (χ0n) is 15.2. The van der Waals surface area contributed by atoms with Crippen LogP contribution in [0, 0.1) is 16.7 Å². The quantitative estimate of drug-likeness (QED) is 0.760. The molecule has 4 aliphatic rings. The molecule has 1 heterocycles. The van der Waals surface area contributed by atoms with E-state index in [4.69, 9.17) is 18.9 Å². The average molecular weight is 354 g/mol. The fourth-order valence-corrected chi connectivity index (χ4v) is 6.50. The highest BCUT2D eigenvalue weighted by Gasteiger charge is 2.97. The van der Waals surface area contributed by atoms with E-state index in [1.54, 1.807) is 20.3 Å². The van der Waals surface area contributed by atoms with Crippen molar-refractivity contribution in [3.8, 4) is 11.5 Å². The molecular weight excluding hydrogens is 332 g/mol. The Bertz CT molecular complexity index is 873. The van der Waals surface area contributed by atoms with Gasteiger partial charge in [-0.2, -0.15) is 0 Å². The summed E-state index contributed by atoms with van der Waals surface area (Å²) in [5.41, 5.74) is -0.220. The second-order valence-electron chi connectivity index (χ2n) is 7.81. The zero-order chi connectivity index (χ0) is 18.3. The highest BCUT2D eigenvalue weighted by molar-refractivity contribution is 6.02. The van der Waals surface area contributed by atoms with Gasteiger partial charge in [0.2, 0.25) is 6.79 Å². The van der Waals surface area contributed by atoms with Crippen LogP contribution in [0.25, 0.3) is 0 Å². The van der Waals surface area contributed by atoms with E-state index in [1.807, 2.05) is 24.3 Å². The van der Waals surface area contributed by atoms with Crippen molar-refractivity contribution in [3.05, 3.63) is 48.3 Å². The number of carbonyl (C=O) groups is 1. The fraction of sp³-hybridized carbons (Fsp3) is 0.476. The van der Waals surface area contributed by atoms with Crippen molar-refractivity contribution in [2.45, 2.75) is 24.9 Å². The van der Waals surface area contributed by atoms with Crippen LogP contribution in [-0.4, -0.2) is 32.4 Å². The molecule has 0 radical (unpaired) electrons. The van der Waals surface area contributed by atoms with Gasteiger partial charge in [-0.25, -0.2) is 0 Å². The Labute approximate surface area is 152 Å². The van der Waals surface area contributed by atoms with Gasteiger partial charge in [0.25, 0.3) is 0 Å². The first kappa shape index (κ1) is 15.9. The molecular formula is C21H22O5. The maximum Gasteiger partial charge on any atom is 0.231 e. The first-order chi connectivity index (χ1) is 12.5.